The standard InChI is InChI=1S/C2H7Cl2O8P3/c1-13(5,6)12-15(10,11)2(3,4)14(7,8)9/h1H3,(H,5,6)(H,10,11)(H2,7,8,9). The largest absolute Gasteiger partial charge is 0.383 e. The first-order valence-electron chi connectivity index (χ1n) is 2.99. The van der Waals surface area contributed by atoms with Gasteiger partial charge in [-0.05, 0) is 0 Å². The minimum atomic E-state index is -5.42. The summed E-state index contributed by atoms with van der Waals surface area (Å²) in [5.74, 6) is 0. The Bertz CT molecular complexity index is 377. The van der Waals surface area contributed by atoms with Crippen LogP contribution in [0.4, 0.5) is 0 Å². The quantitative estimate of drug-likeness (QED) is 0.448. The van der Waals surface area contributed by atoms with Crippen molar-refractivity contribution in [1.29, 1.82) is 0 Å². The maximum atomic E-state index is 11.1. The molecule has 4 N–H and O–H groups in total. The molecule has 0 fully saturated rings. The van der Waals surface area contributed by atoms with Gasteiger partial charge in [0.25, 0.3) is 0 Å². The minimum absolute atomic E-state index is 0.527. The molecule has 0 aliphatic carbocycles. The molecule has 0 aromatic heterocycles. The fourth-order valence-electron chi connectivity index (χ4n) is 0.419. The Morgan fingerprint density at radius 2 is 1.40 bits per heavy atom. The molecule has 8 nitrogen and oxygen atoms in total. The first kappa shape index (κ1) is 16.1. The summed E-state index contributed by atoms with van der Waals surface area (Å²) in [4.78, 5) is 34.7. The maximum Gasteiger partial charge on any atom is 0.383 e. The molecule has 92 valence electrons. The lowest BCUT2D eigenvalue weighted by molar-refractivity contribution is 0.327. The zero-order valence-electron chi connectivity index (χ0n) is 7.02. The van der Waals surface area contributed by atoms with Gasteiger partial charge in [-0.2, -0.15) is 0 Å². The lowest BCUT2D eigenvalue weighted by atomic mass is 11.8. The molecule has 15 heavy (non-hydrogen) atoms. The number of alkyl halides is 2. The molecule has 0 aromatic rings. The topological polar surface area (TPSA) is 141 Å². The van der Waals surface area contributed by atoms with Gasteiger partial charge >= 0.3 is 26.6 Å². The third-order valence-corrected chi connectivity index (χ3v) is 8.57. The highest BCUT2D eigenvalue weighted by Gasteiger charge is 2.61. The van der Waals surface area contributed by atoms with E-state index in [2.05, 4.69) is 4.31 Å². The van der Waals surface area contributed by atoms with E-state index in [0.717, 1.165) is 0 Å². The van der Waals surface area contributed by atoms with E-state index in [0.29, 0.717) is 6.66 Å². The second-order valence-electron chi connectivity index (χ2n) is 2.46. The summed E-state index contributed by atoms with van der Waals surface area (Å²) in [6, 6.07) is 0. The summed E-state index contributed by atoms with van der Waals surface area (Å²) in [6.45, 7) is 0.527. The first-order valence-corrected chi connectivity index (χ1v) is 8.96. The predicted molar refractivity (Wildman–Crippen MR) is 53.1 cm³/mol. The fourth-order valence-corrected chi connectivity index (χ4v) is 4.66. The van der Waals surface area contributed by atoms with E-state index in [1.807, 2.05) is 0 Å². The van der Waals surface area contributed by atoms with Gasteiger partial charge in [0, 0.05) is 6.66 Å². The highest BCUT2D eigenvalue weighted by atomic mass is 35.5. The predicted octanol–water partition coefficient (Wildman–Crippen LogP) is 1.27. The van der Waals surface area contributed by atoms with Gasteiger partial charge in [0.2, 0.25) is 0 Å². The molecule has 0 amide bonds. The molecule has 0 spiro atoms. The maximum absolute atomic E-state index is 11.1. The van der Waals surface area contributed by atoms with Crippen molar-refractivity contribution >= 4 is 46.0 Å². The zero-order valence-corrected chi connectivity index (χ0v) is 11.2. The van der Waals surface area contributed by atoms with E-state index >= 15 is 0 Å². The molecule has 0 radical (unpaired) electrons. The SMILES string of the molecule is CP(=O)(O)OP(=O)(O)C(Cl)(Cl)P(=O)(O)O. The highest BCUT2D eigenvalue weighted by Crippen LogP contribution is 2.79. The van der Waals surface area contributed by atoms with E-state index in [1.54, 1.807) is 0 Å². The van der Waals surface area contributed by atoms with Gasteiger partial charge in [-0.15, -0.1) is 0 Å². The van der Waals surface area contributed by atoms with Crippen LogP contribution in [0.15, 0.2) is 0 Å². The van der Waals surface area contributed by atoms with Crippen molar-refractivity contribution in [2.45, 2.75) is 3.82 Å². The molecule has 0 rings (SSSR count). The Morgan fingerprint density at radius 3 is 1.60 bits per heavy atom. The smallest absolute Gasteiger partial charge is 0.324 e. The summed E-state index contributed by atoms with van der Waals surface area (Å²) in [5.41, 5.74) is 0. The second-order valence-corrected chi connectivity index (χ2v) is 10.9. The van der Waals surface area contributed by atoms with Crippen LogP contribution in [-0.2, 0) is 18.0 Å². The Hall–Kier alpha value is 1.07. The van der Waals surface area contributed by atoms with Crippen LogP contribution in [-0.4, -0.2) is 30.1 Å². The Kier molecular flexibility index (Phi) is 4.70. The van der Waals surface area contributed by atoms with Crippen LogP contribution < -0.4 is 0 Å². The Morgan fingerprint density at radius 1 is 1.07 bits per heavy atom. The third-order valence-electron chi connectivity index (χ3n) is 0.953. The van der Waals surface area contributed by atoms with Crippen molar-refractivity contribution in [2.24, 2.45) is 0 Å². The van der Waals surface area contributed by atoms with E-state index in [1.165, 1.54) is 0 Å². The molecule has 0 aromatic carbocycles. The molecule has 0 heterocycles. The van der Waals surface area contributed by atoms with Crippen molar-refractivity contribution < 1.29 is 37.6 Å². The van der Waals surface area contributed by atoms with Gasteiger partial charge in [-0.25, -0.2) is 4.31 Å². The number of rotatable bonds is 4. The molecule has 0 saturated heterocycles. The molecule has 0 aliphatic heterocycles. The van der Waals surface area contributed by atoms with Gasteiger partial charge < -0.3 is 19.6 Å². The summed E-state index contributed by atoms with van der Waals surface area (Å²) in [6.07, 6.45) is 0. The van der Waals surface area contributed by atoms with Gasteiger partial charge in [-0.3, -0.25) is 13.7 Å². The highest BCUT2D eigenvalue weighted by molar-refractivity contribution is 7.81. The average molecular weight is 323 g/mol. The monoisotopic (exact) mass is 322 g/mol. The van der Waals surface area contributed by atoms with Crippen molar-refractivity contribution in [1.82, 2.24) is 0 Å². The summed E-state index contributed by atoms with van der Waals surface area (Å²) in [5, 5.41) is 0. The van der Waals surface area contributed by atoms with Crippen molar-refractivity contribution in [2.75, 3.05) is 6.66 Å². The summed E-state index contributed by atoms with van der Waals surface area (Å²) < 4.78 is 32.6. The van der Waals surface area contributed by atoms with Crippen LogP contribution >= 0.6 is 46.0 Å². The Balaban J connectivity index is 5.32. The van der Waals surface area contributed by atoms with Gasteiger partial charge in [0.1, 0.15) is 0 Å². The van der Waals surface area contributed by atoms with Crippen LogP contribution in [0.5, 0.6) is 0 Å². The van der Waals surface area contributed by atoms with Crippen molar-refractivity contribution in [3.05, 3.63) is 0 Å². The van der Waals surface area contributed by atoms with Crippen LogP contribution in [0.25, 0.3) is 0 Å². The zero-order chi connectivity index (χ0) is 12.7. The molecule has 0 aliphatic rings. The molecular formula is C2H7Cl2O8P3. The lowest BCUT2D eigenvalue weighted by Crippen LogP contribution is -2.15. The first-order chi connectivity index (χ1) is 6.21. The molecule has 0 saturated carbocycles. The van der Waals surface area contributed by atoms with Gasteiger partial charge in [0.15, 0.2) is 0 Å². The van der Waals surface area contributed by atoms with E-state index in [9.17, 15) is 13.7 Å². The van der Waals surface area contributed by atoms with Crippen LogP contribution in [0.1, 0.15) is 0 Å². The van der Waals surface area contributed by atoms with Crippen LogP contribution in [0, 0.1) is 0 Å². The second kappa shape index (κ2) is 4.39. The molecule has 2 unspecified atom stereocenters. The van der Waals surface area contributed by atoms with Crippen molar-refractivity contribution in [3.8, 4) is 0 Å². The third kappa shape index (κ3) is 4.10. The Labute approximate surface area is 94.4 Å². The van der Waals surface area contributed by atoms with E-state index in [4.69, 9.17) is 42.8 Å². The molecule has 13 heteroatoms. The number of halogens is 2. The van der Waals surface area contributed by atoms with Crippen molar-refractivity contribution in [3.63, 3.8) is 0 Å². The van der Waals surface area contributed by atoms with E-state index < -0.39 is 26.6 Å². The molecular weight excluding hydrogens is 316 g/mol. The number of hydrogen-bond donors (Lipinski definition) is 4. The van der Waals surface area contributed by atoms with Gasteiger partial charge in [0.05, 0.1) is 0 Å². The molecule has 2 atom stereocenters. The van der Waals surface area contributed by atoms with Crippen LogP contribution in [0.3, 0.4) is 0 Å². The lowest BCUT2D eigenvalue weighted by Gasteiger charge is -2.25. The van der Waals surface area contributed by atoms with Crippen LogP contribution in [0.2, 0.25) is 0 Å². The summed E-state index contributed by atoms with van der Waals surface area (Å²) >= 11 is 9.88. The summed E-state index contributed by atoms with van der Waals surface area (Å²) in [7, 11) is -15.3. The normalized spacial score (nSPS) is 21.8. The van der Waals surface area contributed by atoms with Gasteiger partial charge in [-0.1, -0.05) is 23.2 Å². The number of hydrogen-bond acceptors (Lipinski definition) is 4. The average Bonchev–Trinajstić information content (AvgIpc) is 1.77. The minimum Gasteiger partial charge on any atom is -0.324 e. The van der Waals surface area contributed by atoms with E-state index in [-0.39, 0.29) is 0 Å². The molecule has 0 bridgehead atoms. The fraction of sp³-hybridized carbons (Fsp3) is 1.00.